The van der Waals surface area contributed by atoms with Crippen molar-refractivity contribution < 1.29 is 33.9 Å². The van der Waals surface area contributed by atoms with Crippen LogP contribution in [0, 0.1) is 0 Å². The number of fused-ring (bicyclic) bond motifs is 1. The van der Waals surface area contributed by atoms with E-state index in [2.05, 4.69) is 20.3 Å². The summed E-state index contributed by atoms with van der Waals surface area (Å²) in [6, 6.07) is -0.967. The predicted octanol–water partition coefficient (Wildman–Crippen LogP) is -1.27. The minimum atomic E-state index is -1.32. The van der Waals surface area contributed by atoms with Crippen LogP contribution in [0.25, 0.3) is 0 Å². The van der Waals surface area contributed by atoms with Crippen LogP contribution in [0.2, 0.25) is 0 Å². The Morgan fingerprint density at radius 1 is 1.45 bits per heavy atom. The second-order valence-electron chi connectivity index (χ2n) is 6.09. The average Bonchev–Trinajstić information content (AvgIpc) is 3.13. The van der Waals surface area contributed by atoms with Crippen molar-refractivity contribution in [3.63, 3.8) is 0 Å². The SMILES string of the molecule is CO/N=C(/C(=O)N[C@@H]1C(=O)N2C(C(=O)O)=C(COC(C)=O)CS[C@H]12)c1csc(N)n1.[KH]. The number of nitrogens with one attached hydrogen (secondary N) is 1. The first-order valence-electron chi connectivity index (χ1n) is 8.41. The molecule has 1 fully saturated rings. The van der Waals surface area contributed by atoms with Crippen molar-refractivity contribution in [3.05, 3.63) is 22.3 Å². The number of hydrogen-bond donors (Lipinski definition) is 3. The minimum absolute atomic E-state index is 0. The third-order valence-corrected chi connectivity index (χ3v) is 6.16. The second-order valence-corrected chi connectivity index (χ2v) is 8.09. The number of carboxylic acid groups (broad SMARTS) is 1. The molecule has 2 aliphatic rings. The van der Waals surface area contributed by atoms with Gasteiger partial charge < -0.3 is 25.7 Å². The number of anilines is 1. The molecule has 162 valence electrons. The average molecular weight is 496 g/mol. The van der Waals surface area contributed by atoms with E-state index in [0.29, 0.717) is 5.57 Å². The van der Waals surface area contributed by atoms with Gasteiger partial charge in [0.25, 0.3) is 11.8 Å². The molecular formula is C16H18KN5O7S2. The van der Waals surface area contributed by atoms with Crippen LogP contribution in [0.15, 0.2) is 21.8 Å². The molecular weight excluding hydrogens is 477 g/mol. The van der Waals surface area contributed by atoms with E-state index in [0.717, 1.165) is 16.2 Å². The fraction of sp³-hybridized carbons (Fsp3) is 0.375. The first-order chi connectivity index (χ1) is 14.2. The van der Waals surface area contributed by atoms with E-state index in [1.807, 2.05) is 0 Å². The first-order valence-corrected chi connectivity index (χ1v) is 10.3. The maximum absolute atomic E-state index is 12.7. The summed E-state index contributed by atoms with van der Waals surface area (Å²) < 4.78 is 4.88. The summed E-state index contributed by atoms with van der Waals surface area (Å²) in [6.45, 7) is 0.975. The monoisotopic (exact) mass is 495 g/mol. The van der Waals surface area contributed by atoms with Crippen molar-refractivity contribution in [2.24, 2.45) is 5.16 Å². The van der Waals surface area contributed by atoms with Crippen LogP contribution in [0.5, 0.6) is 0 Å². The van der Waals surface area contributed by atoms with E-state index in [-0.39, 0.29) is 86.0 Å². The number of carboxylic acids is 1. The van der Waals surface area contributed by atoms with Crippen LogP contribution in [-0.2, 0) is 28.8 Å². The van der Waals surface area contributed by atoms with Gasteiger partial charge >= 0.3 is 63.3 Å². The Morgan fingerprint density at radius 2 is 2.16 bits per heavy atom. The van der Waals surface area contributed by atoms with Gasteiger partial charge in [0.2, 0.25) is 0 Å². The van der Waals surface area contributed by atoms with Crippen LogP contribution in [-0.4, -0.2) is 127 Å². The normalized spacial score (nSPS) is 20.3. The molecule has 2 aliphatic heterocycles. The maximum atomic E-state index is 12.7. The number of ether oxygens (including phenoxy) is 1. The Morgan fingerprint density at radius 3 is 2.71 bits per heavy atom. The molecule has 2 amide bonds. The number of nitrogens with zero attached hydrogens (tertiary/aromatic N) is 3. The number of hydrogen-bond acceptors (Lipinski definition) is 11. The molecule has 31 heavy (non-hydrogen) atoms. The summed E-state index contributed by atoms with van der Waals surface area (Å²) in [4.78, 5) is 57.8. The Bertz CT molecular complexity index is 979. The molecule has 0 unspecified atom stereocenters. The third kappa shape index (κ3) is 5.47. The standard InChI is InChI=1S/C16H17N5O7S2.K.H/c1-6(22)28-3-7-4-29-14-10(13(24)21(14)11(7)15(25)26)19-12(23)9(20-27-2)8-5-30-16(17)18-8;;/h5,10,14H,3-4H2,1-2H3,(H2,17,18)(H,19,23)(H,25,26);;/b20-9+;;/t10-,14-;;/m1../s1. The van der Waals surface area contributed by atoms with E-state index in [4.69, 9.17) is 10.5 Å². The molecule has 3 rings (SSSR count). The fourth-order valence-corrected chi connectivity index (χ4v) is 4.76. The van der Waals surface area contributed by atoms with Gasteiger partial charge in [-0.3, -0.25) is 19.3 Å². The number of rotatable bonds is 7. The first kappa shape index (κ1) is 25.8. The van der Waals surface area contributed by atoms with Crippen molar-refractivity contribution in [1.82, 2.24) is 15.2 Å². The fourth-order valence-electron chi connectivity index (χ4n) is 2.88. The molecule has 3 heterocycles. The molecule has 0 spiro atoms. The van der Waals surface area contributed by atoms with E-state index in [1.54, 1.807) is 0 Å². The summed E-state index contributed by atoms with van der Waals surface area (Å²) >= 11 is 2.35. The van der Waals surface area contributed by atoms with Crippen molar-refractivity contribution >= 4 is 109 Å². The zero-order chi connectivity index (χ0) is 22.0. The van der Waals surface area contributed by atoms with Gasteiger partial charge in [-0.15, -0.1) is 23.1 Å². The number of nitrogen functional groups attached to an aromatic ring is 1. The number of thioether (sulfide) groups is 1. The van der Waals surface area contributed by atoms with Crippen LogP contribution in [0.3, 0.4) is 0 Å². The molecule has 1 aromatic heterocycles. The van der Waals surface area contributed by atoms with Crippen molar-refractivity contribution in [1.29, 1.82) is 0 Å². The number of carbonyl (C=O) groups excluding carboxylic acids is 3. The molecule has 4 N–H and O–H groups in total. The predicted molar refractivity (Wildman–Crippen MR) is 114 cm³/mol. The molecule has 0 aliphatic carbocycles. The summed E-state index contributed by atoms with van der Waals surface area (Å²) in [5.74, 6) is -2.98. The van der Waals surface area contributed by atoms with Crippen LogP contribution in [0.1, 0.15) is 12.6 Å². The van der Waals surface area contributed by atoms with Crippen molar-refractivity contribution in [2.45, 2.75) is 18.3 Å². The molecule has 0 bridgehead atoms. The summed E-state index contributed by atoms with van der Waals surface area (Å²) in [5, 5.41) is 16.9. The number of β-lactam (4-membered cyclic amide) rings is 1. The number of esters is 1. The number of nitrogens with two attached hydrogens (primary N) is 1. The molecule has 0 aromatic carbocycles. The topological polar surface area (TPSA) is 174 Å². The van der Waals surface area contributed by atoms with Gasteiger partial charge in [0.15, 0.2) is 10.8 Å². The van der Waals surface area contributed by atoms with E-state index >= 15 is 0 Å². The van der Waals surface area contributed by atoms with Gasteiger partial charge in [0.1, 0.15) is 36.5 Å². The van der Waals surface area contributed by atoms with Gasteiger partial charge in [-0.05, 0) is 0 Å². The van der Waals surface area contributed by atoms with Crippen molar-refractivity contribution in [2.75, 3.05) is 25.2 Å². The summed E-state index contributed by atoms with van der Waals surface area (Å²) in [5.41, 5.74) is 5.67. The van der Waals surface area contributed by atoms with Crippen LogP contribution >= 0.6 is 23.1 Å². The number of aromatic nitrogens is 1. The van der Waals surface area contributed by atoms with Crippen LogP contribution < -0.4 is 11.1 Å². The number of amides is 2. The number of thiazole rings is 1. The molecule has 12 nitrogen and oxygen atoms in total. The molecule has 0 saturated carbocycles. The number of carbonyl (C=O) groups is 4. The van der Waals surface area contributed by atoms with Gasteiger partial charge in [0, 0.05) is 23.6 Å². The molecule has 15 heteroatoms. The number of aliphatic carboxylic acids is 1. The number of oxime groups is 1. The summed E-state index contributed by atoms with van der Waals surface area (Å²) in [7, 11) is 1.25. The summed E-state index contributed by atoms with van der Waals surface area (Å²) in [6.07, 6.45) is 0. The van der Waals surface area contributed by atoms with Crippen molar-refractivity contribution in [3.8, 4) is 0 Å². The van der Waals surface area contributed by atoms with E-state index in [9.17, 15) is 24.3 Å². The quantitative estimate of drug-likeness (QED) is 0.136. The van der Waals surface area contributed by atoms with Gasteiger partial charge in [-0.25, -0.2) is 9.78 Å². The van der Waals surface area contributed by atoms with Gasteiger partial charge in [-0.2, -0.15) is 0 Å². The third-order valence-electron chi connectivity index (χ3n) is 4.15. The van der Waals surface area contributed by atoms with E-state index < -0.39 is 35.2 Å². The Hall–Kier alpha value is -1.49. The van der Waals surface area contributed by atoms with Gasteiger partial charge in [-0.1, -0.05) is 5.16 Å². The van der Waals surface area contributed by atoms with Gasteiger partial charge in [0.05, 0.1) is 0 Å². The molecule has 2 atom stereocenters. The Kier molecular flexibility index (Phi) is 9.05. The molecule has 1 saturated heterocycles. The Balaban J connectivity index is 0.00000341. The zero-order valence-electron chi connectivity index (χ0n) is 15.8. The molecule has 0 radical (unpaired) electrons. The Labute approximate surface area is 227 Å². The van der Waals surface area contributed by atoms with Crippen LogP contribution in [0.4, 0.5) is 5.13 Å². The second kappa shape index (κ2) is 10.9. The zero-order valence-corrected chi connectivity index (χ0v) is 17.4. The van der Waals surface area contributed by atoms with E-state index in [1.165, 1.54) is 31.2 Å². The molecule has 1 aromatic rings.